The van der Waals surface area contributed by atoms with Crippen molar-refractivity contribution in [1.82, 2.24) is 9.97 Å². The quantitative estimate of drug-likeness (QED) is 0.608. The molecule has 0 spiro atoms. The van der Waals surface area contributed by atoms with Crippen LogP contribution in [0.4, 0.5) is 5.69 Å². The highest BCUT2D eigenvalue weighted by Crippen LogP contribution is 2.33. The lowest BCUT2D eigenvalue weighted by molar-refractivity contribution is 1.04. The third kappa shape index (κ3) is 0.853. The molecule has 0 saturated heterocycles. The predicted molar refractivity (Wildman–Crippen MR) is 47.8 cm³/mol. The molecule has 1 aliphatic heterocycles. The van der Waals surface area contributed by atoms with E-state index in [9.17, 15) is 0 Å². The Morgan fingerprint density at radius 2 is 2.23 bits per heavy atom. The Hall–Kier alpha value is -1.84. The van der Waals surface area contributed by atoms with Gasteiger partial charge in [-0.1, -0.05) is 6.07 Å². The highest BCUT2D eigenvalue weighted by Gasteiger charge is 2.11. The fourth-order valence-corrected chi connectivity index (χ4v) is 1.51. The van der Waals surface area contributed by atoms with Gasteiger partial charge in [0.1, 0.15) is 12.0 Å². The molecule has 0 unspecified atom stereocenters. The lowest BCUT2D eigenvalue weighted by Gasteiger charge is -1.99. The maximum Gasteiger partial charge on any atom is 0.116 e. The van der Waals surface area contributed by atoms with Crippen LogP contribution in [0.25, 0.3) is 10.9 Å². The van der Waals surface area contributed by atoms with E-state index >= 15 is 0 Å². The van der Waals surface area contributed by atoms with E-state index in [1.165, 1.54) is 0 Å². The molecule has 0 atom stereocenters. The summed E-state index contributed by atoms with van der Waals surface area (Å²) < 4.78 is 0. The molecule has 13 heavy (non-hydrogen) atoms. The Bertz CT molecular complexity index is 504. The van der Waals surface area contributed by atoms with Crippen LogP contribution in [0.3, 0.4) is 0 Å². The zero-order valence-corrected chi connectivity index (χ0v) is 6.81. The molecule has 62 valence electrons. The SMILES string of the molecule is c1ncc2c3c(ccc2n1)CN=N3. The van der Waals surface area contributed by atoms with E-state index in [1.807, 2.05) is 12.1 Å². The van der Waals surface area contributed by atoms with Crippen LogP contribution in [0.5, 0.6) is 0 Å². The van der Waals surface area contributed by atoms with E-state index in [-0.39, 0.29) is 0 Å². The fourth-order valence-electron chi connectivity index (χ4n) is 1.51. The molecule has 0 N–H and O–H groups in total. The highest BCUT2D eigenvalue weighted by atomic mass is 15.1. The fraction of sp³-hybridized carbons (Fsp3) is 0.111. The summed E-state index contributed by atoms with van der Waals surface area (Å²) in [5.41, 5.74) is 3.01. The number of benzene rings is 1. The maximum atomic E-state index is 4.15. The van der Waals surface area contributed by atoms with Gasteiger partial charge >= 0.3 is 0 Å². The Labute approximate surface area is 74.4 Å². The first kappa shape index (κ1) is 6.65. The standard InChI is InChI=1S/C9H6N4/c1-2-8-7(4-10-5-11-8)9-6(1)3-12-13-9/h1-2,4-5H,3H2. The summed E-state index contributed by atoms with van der Waals surface area (Å²) in [7, 11) is 0. The van der Waals surface area contributed by atoms with Crippen molar-refractivity contribution in [2.45, 2.75) is 6.54 Å². The molecule has 0 fully saturated rings. The molecule has 0 radical (unpaired) electrons. The van der Waals surface area contributed by atoms with Gasteiger partial charge in [0.15, 0.2) is 0 Å². The average molecular weight is 170 g/mol. The van der Waals surface area contributed by atoms with Crippen LogP contribution < -0.4 is 0 Å². The summed E-state index contributed by atoms with van der Waals surface area (Å²) in [6, 6.07) is 4.00. The summed E-state index contributed by atoms with van der Waals surface area (Å²) in [5.74, 6) is 0. The Morgan fingerprint density at radius 1 is 1.23 bits per heavy atom. The van der Waals surface area contributed by atoms with Crippen molar-refractivity contribution in [1.29, 1.82) is 0 Å². The highest BCUT2D eigenvalue weighted by molar-refractivity contribution is 5.91. The molecule has 4 heteroatoms. The molecular formula is C9H6N4. The van der Waals surface area contributed by atoms with Gasteiger partial charge in [0.2, 0.25) is 0 Å². The maximum absolute atomic E-state index is 4.15. The molecule has 2 heterocycles. The summed E-state index contributed by atoms with van der Waals surface area (Å²) in [4.78, 5) is 8.12. The van der Waals surface area contributed by atoms with Gasteiger partial charge < -0.3 is 0 Å². The molecule has 0 bridgehead atoms. The van der Waals surface area contributed by atoms with Crippen LogP contribution in [0, 0.1) is 0 Å². The Morgan fingerprint density at radius 3 is 3.23 bits per heavy atom. The van der Waals surface area contributed by atoms with Crippen LogP contribution in [-0.4, -0.2) is 9.97 Å². The monoisotopic (exact) mass is 170 g/mol. The summed E-state index contributed by atoms with van der Waals surface area (Å²) in [6.45, 7) is 0.681. The third-order valence-corrected chi connectivity index (χ3v) is 2.16. The van der Waals surface area contributed by atoms with Crippen molar-refractivity contribution < 1.29 is 0 Å². The van der Waals surface area contributed by atoms with E-state index in [1.54, 1.807) is 12.5 Å². The molecule has 0 saturated carbocycles. The van der Waals surface area contributed by atoms with Gasteiger partial charge in [-0.2, -0.15) is 10.2 Å². The number of nitrogens with zero attached hydrogens (tertiary/aromatic N) is 4. The molecule has 3 rings (SSSR count). The largest absolute Gasteiger partial charge is 0.244 e. The normalized spacial score (nSPS) is 13.5. The van der Waals surface area contributed by atoms with Crippen molar-refractivity contribution in [3.63, 3.8) is 0 Å². The number of hydrogen-bond donors (Lipinski definition) is 0. The second-order valence-electron chi connectivity index (χ2n) is 2.93. The molecule has 0 amide bonds. The van der Waals surface area contributed by atoms with Crippen molar-refractivity contribution in [2.24, 2.45) is 10.2 Å². The Balaban J connectivity index is 2.49. The topological polar surface area (TPSA) is 50.5 Å². The minimum atomic E-state index is 0.681. The smallest absolute Gasteiger partial charge is 0.116 e. The summed E-state index contributed by atoms with van der Waals surface area (Å²) in [5, 5.41) is 9.03. The van der Waals surface area contributed by atoms with Gasteiger partial charge in [-0.05, 0) is 6.07 Å². The van der Waals surface area contributed by atoms with Crippen LogP contribution in [0.1, 0.15) is 5.56 Å². The van der Waals surface area contributed by atoms with Crippen molar-refractivity contribution >= 4 is 16.6 Å². The second kappa shape index (κ2) is 2.32. The first-order chi connectivity index (χ1) is 6.45. The minimum absolute atomic E-state index is 0.681. The molecule has 2 aromatic rings. The zero-order valence-electron chi connectivity index (χ0n) is 6.81. The van der Waals surface area contributed by atoms with E-state index in [0.717, 1.165) is 22.2 Å². The number of aromatic nitrogens is 2. The molecule has 1 aromatic carbocycles. The first-order valence-corrected chi connectivity index (χ1v) is 4.04. The Kier molecular flexibility index (Phi) is 1.19. The molecule has 1 aromatic heterocycles. The summed E-state index contributed by atoms with van der Waals surface area (Å²) in [6.07, 6.45) is 3.33. The second-order valence-corrected chi connectivity index (χ2v) is 2.93. The first-order valence-electron chi connectivity index (χ1n) is 4.04. The van der Waals surface area contributed by atoms with E-state index in [4.69, 9.17) is 0 Å². The average Bonchev–Trinajstić information content (AvgIpc) is 2.65. The van der Waals surface area contributed by atoms with Gasteiger partial charge in [-0.15, -0.1) is 0 Å². The molecule has 0 aliphatic carbocycles. The van der Waals surface area contributed by atoms with Crippen molar-refractivity contribution in [3.05, 3.63) is 30.2 Å². The van der Waals surface area contributed by atoms with Gasteiger partial charge in [-0.3, -0.25) is 0 Å². The minimum Gasteiger partial charge on any atom is -0.244 e. The zero-order chi connectivity index (χ0) is 8.67. The van der Waals surface area contributed by atoms with Gasteiger partial charge in [0, 0.05) is 17.1 Å². The van der Waals surface area contributed by atoms with E-state index in [2.05, 4.69) is 20.2 Å². The predicted octanol–water partition coefficient (Wildman–Crippen LogP) is 2.23. The van der Waals surface area contributed by atoms with Gasteiger partial charge in [-0.25, -0.2) is 9.97 Å². The third-order valence-electron chi connectivity index (χ3n) is 2.16. The number of rotatable bonds is 0. The molecular weight excluding hydrogens is 164 g/mol. The van der Waals surface area contributed by atoms with Crippen molar-refractivity contribution in [3.8, 4) is 0 Å². The number of fused-ring (bicyclic) bond motifs is 3. The van der Waals surface area contributed by atoms with Gasteiger partial charge in [0.25, 0.3) is 0 Å². The van der Waals surface area contributed by atoms with Crippen LogP contribution in [-0.2, 0) is 6.54 Å². The number of hydrogen-bond acceptors (Lipinski definition) is 4. The molecule has 4 nitrogen and oxygen atoms in total. The van der Waals surface area contributed by atoms with Crippen LogP contribution in [0.15, 0.2) is 34.9 Å². The number of azo groups is 1. The lowest BCUT2D eigenvalue weighted by atomic mass is 10.1. The summed E-state index contributed by atoms with van der Waals surface area (Å²) >= 11 is 0. The van der Waals surface area contributed by atoms with E-state index < -0.39 is 0 Å². The lowest BCUT2D eigenvalue weighted by Crippen LogP contribution is -1.83. The van der Waals surface area contributed by atoms with Crippen LogP contribution in [0.2, 0.25) is 0 Å². The van der Waals surface area contributed by atoms with Crippen molar-refractivity contribution in [2.75, 3.05) is 0 Å². The molecule has 1 aliphatic rings. The van der Waals surface area contributed by atoms with Crippen LogP contribution >= 0.6 is 0 Å². The van der Waals surface area contributed by atoms with E-state index in [0.29, 0.717) is 6.54 Å². The van der Waals surface area contributed by atoms with Gasteiger partial charge in [0.05, 0.1) is 12.1 Å².